The minimum absolute atomic E-state index is 0.176. The van der Waals surface area contributed by atoms with Gasteiger partial charge in [-0.2, -0.15) is 0 Å². The van der Waals surface area contributed by atoms with Gasteiger partial charge < -0.3 is 50.7 Å². The number of unbranched alkanes of at least 4 members (excludes halogenated alkanes) is 24. The average Bonchev–Trinajstić information content (AvgIpc) is 3.20. The summed E-state index contributed by atoms with van der Waals surface area (Å²) in [6.45, 7) is 4.27. The summed E-state index contributed by atoms with van der Waals surface area (Å²) in [6.07, 6.45) is 22.1. The standard InChI is InChI=1S/C45H88N2O10/c1-3-5-7-9-11-12-13-14-16-19-22-26-30-37(49)41(52)36(35-56-45-44(55)43(54)42(53)38(34-48)57-45)47-40(51)32-28-24-20-17-15-18-21-25-29-33-46-39(50)31-27-23-10-8-6-4-2/h36-38,41-45,48-49,52-55H,3-35H2,1-2H3,(H,46,50)(H,47,51)/t36-,37+,38?,41-,42-,43-,44?,45-/m0/s1. The Morgan fingerprint density at radius 1 is 0.579 bits per heavy atom. The Morgan fingerprint density at radius 3 is 1.51 bits per heavy atom. The lowest BCUT2D eigenvalue weighted by atomic mass is 9.98. The molecule has 1 saturated heterocycles. The number of ether oxygens (including phenoxy) is 2. The fraction of sp³-hybridized carbons (Fsp3) is 0.956. The van der Waals surface area contributed by atoms with E-state index >= 15 is 0 Å². The van der Waals surface area contributed by atoms with E-state index in [0.717, 1.165) is 96.4 Å². The van der Waals surface area contributed by atoms with Crippen LogP contribution in [0.3, 0.4) is 0 Å². The van der Waals surface area contributed by atoms with Crippen LogP contribution in [0.25, 0.3) is 0 Å². The number of amides is 2. The topological polar surface area (TPSA) is 198 Å². The number of nitrogens with one attached hydrogen (secondary N) is 2. The molecule has 2 amide bonds. The zero-order chi connectivity index (χ0) is 41.9. The van der Waals surface area contributed by atoms with Gasteiger partial charge >= 0.3 is 0 Å². The summed E-state index contributed by atoms with van der Waals surface area (Å²) in [7, 11) is 0. The fourth-order valence-corrected chi connectivity index (χ4v) is 7.57. The van der Waals surface area contributed by atoms with E-state index in [1.807, 2.05) is 0 Å². The Morgan fingerprint density at radius 2 is 1.02 bits per heavy atom. The van der Waals surface area contributed by atoms with Gasteiger partial charge in [0.2, 0.25) is 11.8 Å². The number of hydrogen-bond acceptors (Lipinski definition) is 10. The normalized spacial score (nSPS) is 21.3. The highest BCUT2D eigenvalue weighted by Gasteiger charge is 2.44. The summed E-state index contributed by atoms with van der Waals surface area (Å²) in [5, 5.41) is 68.1. The maximum atomic E-state index is 13.0. The van der Waals surface area contributed by atoms with Crippen LogP contribution >= 0.6 is 0 Å². The van der Waals surface area contributed by atoms with E-state index in [0.29, 0.717) is 19.3 Å². The molecule has 12 heteroatoms. The Balaban J connectivity index is 2.36. The van der Waals surface area contributed by atoms with Gasteiger partial charge in [-0.05, 0) is 25.7 Å². The van der Waals surface area contributed by atoms with Crippen LogP contribution in [0.5, 0.6) is 0 Å². The first-order valence-corrected chi connectivity index (χ1v) is 23.5. The maximum Gasteiger partial charge on any atom is 0.220 e. The number of aliphatic hydroxyl groups is 6. The third-order valence-electron chi connectivity index (χ3n) is 11.5. The van der Waals surface area contributed by atoms with Crippen LogP contribution in [0.2, 0.25) is 0 Å². The number of rotatable bonds is 39. The lowest BCUT2D eigenvalue weighted by Gasteiger charge is -2.40. The Hall–Kier alpha value is -1.38. The van der Waals surface area contributed by atoms with Gasteiger partial charge in [0.05, 0.1) is 25.4 Å². The second-order valence-corrected chi connectivity index (χ2v) is 16.7. The van der Waals surface area contributed by atoms with Crippen molar-refractivity contribution in [2.24, 2.45) is 0 Å². The Bertz CT molecular complexity index is 944. The molecule has 338 valence electrons. The summed E-state index contributed by atoms with van der Waals surface area (Å²) in [5.74, 6) is -0.108. The molecule has 0 aromatic carbocycles. The monoisotopic (exact) mass is 817 g/mol. The second-order valence-electron chi connectivity index (χ2n) is 16.7. The first kappa shape index (κ1) is 53.6. The molecule has 0 aliphatic carbocycles. The predicted molar refractivity (Wildman–Crippen MR) is 227 cm³/mol. The minimum Gasteiger partial charge on any atom is -0.394 e. The van der Waals surface area contributed by atoms with Gasteiger partial charge in [-0.3, -0.25) is 9.59 Å². The molecule has 0 radical (unpaired) electrons. The third-order valence-corrected chi connectivity index (χ3v) is 11.5. The Kier molecular flexibility index (Phi) is 34.3. The van der Waals surface area contributed by atoms with Gasteiger partial charge in [-0.15, -0.1) is 0 Å². The zero-order valence-corrected chi connectivity index (χ0v) is 36.3. The van der Waals surface area contributed by atoms with E-state index in [1.54, 1.807) is 0 Å². The van der Waals surface area contributed by atoms with E-state index in [1.165, 1.54) is 77.0 Å². The van der Waals surface area contributed by atoms with Crippen molar-refractivity contribution in [2.45, 2.75) is 255 Å². The van der Waals surface area contributed by atoms with Crippen LogP contribution in [0.15, 0.2) is 0 Å². The molecule has 8 atom stereocenters. The summed E-state index contributed by atoms with van der Waals surface area (Å²) >= 11 is 0. The lowest BCUT2D eigenvalue weighted by molar-refractivity contribution is -0.303. The predicted octanol–water partition coefficient (Wildman–Crippen LogP) is 6.87. The molecule has 1 aliphatic rings. The van der Waals surface area contributed by atoms with Crippen LogP contribution in [-0.2, 0) is 19.1 Å². The number of hydrogen-bond donors (Lipinski definition) is 8. The summed E-state index contributed by atoms with van der Waals surface area (Å²) < 4.78 is 11.1. The van der Waals surface area contributed by atoms with E-state index in [4.69, 9.17) is 9.47 Å². The van der Waals surface area contributed by atoms with Crippen molar-refractivity contribution < 1.29 is 49.7 Å². The number of aliphatic hydroxyl groups excluding tert-OH is 6. The number of carbonyl (C=O) groups is 2. The average molecular weight is 817 g/mol. The van der Waals surface area contributed by atoms with Crippen LogP contribution in [0.1, 0.15) is 206 Å². The van der Waals surface area contributed by atoms with E-state index in [2.05, 4.69) is 24.5 Å². The highest BCUT2D eigenvalue weighted by Crippen LogP contribution is 2.23. The van der Waals surface area contributed by atoms with Crippen LogP contribution in [0.4, 0.5) is 0 Å². The van der Waals surface area contributed by atoms with Crippen molar-refractivity contribution in [2.75, 3.05) is 19.8 Å². The van der Waals surface area contributed by atoms with Gasteiger partial charge in [0.1, 0.15) is 30.5 Å². The van der Waals surface area contributed by atoms with Gasteiger partial charge in [-0.1, -0.05) is 168 Å². The number of carbonyl (C=O) groups excluding carboxylic acids is 2. The quantitative estimate of drug-likeness (QED) is 0.0303. The van der Waals surface area contributed by atoms with Crippen LogP contribution in [0, 0.1) is 0 Å². The van der Waals surface area contributed by atoms with Crippen molar-refractivity contribution in [3.05, 3.63) is 0 Å². The van der Waals surface area contributed by atoms with Gasteiger partial charge in [0.15, 0.2) is 6.29 Å². The SMILES string of the molecule is CCCCCCCCCCCCCC[C@@H](O)[C@@H](O)[C@H](CO[C@H]1OC(CO)[C@H](O)[C@H](O)C1O)NC(=O)CCCCCCCCCCCNC(=O)CCCCCCCC. The molecule has 57 heavy (non-hydrogen) atoms. The first-order chi connectivity index (χ1) is 27.7. The zero-order valence-electron chi connectivity index (χ0n) is 36.3. The van der Waals surface area contributed by atoms with Crippen molar-refractivity contribution >= 4 is 11.8 Å². The van der Waals surface area contributed by atoms with Crippen molar-refractivity contribution in [1.29, 1.82) is 0 Å². The molecule has 1 fully saturated rings. The van der Waals surface area contributed by atoms with Crippen molar-refractivity contribution in [3.63, 3.8) is 0 Å². The second kappa shape index (κ2) is 36.5. The van der Waals surface area contributed by atoms with Crippen molar-refractivity contribution in [3.8, 4) is 0 Å². The van der Waals surface area contributed by atoms with Gasteiger partial charge in [0.25, 0.3) is 0 Å². The molecule has 0 aromatic heterocycles. The summed E-state index contributed by atoms with van der Waals surface area (Å²) in [6, 6.07) is -1.01. The smallest absolute Gasteiger partial charge is 0.220 e. The molecule has 0 bridgehead atoms. The summed E-state index contributed by atoms with van der Waals surface area (Å²) in [5.41, 5.74) is 0. The molecule has 1 rings (SSSR count). The maximum absolute atomic E-state index is 13.0. The van der Waals surface area contributed by atoms with Gasteiger partial charge in [0, 0.05) is 19.4 Å². The molecule has 0 saturated carbocycles. The highest BCUT2D eigenvalue weighted by molar-refractivity contribution is 5.76. The molecular weight excluding hydrogens is 728 g/mol. The molecule has 8 N–H and O–H groups in total. The fourth-order valence-electron chi connectivity index (χ4n) is 7.57. The molecular formula is C45H88N2O10. The molecule has 1 heterocycles. The van der Waals surface area contributed by atoms with E-state index in [9.17, 15) is 40.2 Å². The summed E-state index contributed by atoms with van der Waals surface area (Å²) in [4.78, 5) is 25.0. The molecule has 12 nitrogen and oxygen atoms in total. The molecule has 2 unspecified atom stereocenters. The molecule has 0 spiro atoms. The highest BCUT2D eigenvalue weighted by atomic mass is 16.7. The van der Waals surface area contributed by atoms with Gasteiger partial charge in [-0.25, -0.2) is 0 Å². The largest absolute Gasteiger partial charge is 0.394 e. The minimum atomic E-state index is -1.62. The Labute approximate surface area is 346 Å². The first-order valence-electron chi connectivity index (χ1n) is 23.5. The van der Waals surface area contributed by atoms with Crippen LogP contribution < -0.4 is 10.6 Å². The van der Waals surface area contributed by atoms with Crippen molar-refractivity contribution in [1.82, 2.24) is 10.6 Å². The molecule has 0 aromatic rings. The third kappa shape index (κ3) is 27.2. The van der Waals surface area contributed by atoms with Crippen LogP contribution in [-0.4, -0.2) is 111 Å². The van der Waals surface area contributed by atoms with E-state index in [-0.39, 0.29) is 24.8 Å². The molecule has 1 aliphatic heterocycles. The van der Waals surface area contributed by atoms with E-state index < -0.39 is 55.6 Å². The lowest BCUT2D eigenvalue weighted by Crippen LogP contribution is -2.60.